The Morgan fingerprint density at radius 2 is 1.56 bits per heavy atom. The molecule has 3 rings (SSSR count). The first-order valence-corrected chi connectivity index (χ1v) is 13.3. The highest BCUT2D eigenvalue weighted by atomic mass is 35.5. The van der Waals surface area contributed by atoms with Crippen molar-refractivity contribution in [3.8, 4) is 0 Å². The average Bonchev–Trinajstić information content (AvgIpc) is 2.86. The van der Waals surface area contributed by atoms with Crippen LogP contribution in [0.5, 0.6) is 0 Å². The van der Waals surface area contributed by atoms with Crippen molar-refractivity contribution in [2.75, 3.05) is 17.9 Å². The topological polar surface area (TPSA) is 86.8 Å². The van der Waals surface area contributed by atoms with E-state index in [-0.39, 0.29) is 17.1 Å². The summed E-state index contributed by atoms with van der Waals surface area (Å²) in [5, 5.41) is 3.39. The SMILES string of the molecule is CNC(=O)C(C)N(Cc1ccccc1Cl)C(=O)CN(c1ccc(Cl)cc1)S(=O)(=O)c1ccc(C)cc1. The number of rotatable bonds is 9. The van der Waals surface area contributed by atoms with E-state index in [0.717, 1.165) is 9.87 Å². The zero-order chi connectivity index (χ0) is 26.5. The molecule has 0 spiro atoms. The minimum Gasteiger partial charge on any atom is -0.357 e. The number of carbonyl (C=O) groups is 2. The van der Waals surface area contributed by atoms with E-state index < -0.39 is 34.4 Å². The third-order valence-electron chi connectivity index (χ3n) is 5.71. The van der Waals surface area contributed by atoms with Crippen molar-refractivity contribution in [3.05, 3.63) is 94.0 Å². The summed E-state index contributed by atoms with van der Waals surface area (Å²) in [5.41, 5.74) is 1.79. The molecule has 10 heteroatoms. The van der Waals surface area contributed by atoms with Crippen molar-refractivity contribution in [2.45, 2.75) is 31.3 Å². The van der Waals surface area contributed by atoms with Gasteiger partial charge in [-0.25, -0.2) is 8.42 Å². The molecule has 1 unspecified atom stereocenters. The molecule has 0 aromatic heterocycles. The number of hydrogen-bond acceptors (Lipinski definition) is 4. The Balaban J connectivity index is 2.03. The minimum absolute atomic E-state index is 0.0200. The summed E-state index contributed by atoms with van der Waals surface area (Å²) in [5.74, 6) is -0.966. The number of nitrogens with zero attached hydrogens (tertiary/aromatic N) is 2. The summed E-state index contributed by atoms with van der Waals surface area (Å²) in [6.45, 7) is 2.91. The maximum atomic E-state index is 13.7. The number of sulfonamides is 1. The first-order chi connectivity index (χ1) is 17.0. The number of carbonyl (C=O) groups excluding carboxylic acids is 2. The number of nitrogens with one attached hydrogen (secondary N) is 1. The Bertz CT molecular complexity index is 1330. The van der Waals surface area contributed by atoms with E-state index >= 15 is 0 Å². The van der Waals surface area contributed by atoms with Crippen LogP contribution in [-0.2, 0) is 26.2 Å². The van der Waals surface area contributed by atoms with Gasteiger partial charge in [0.25, 0.3) is 10.0 Å². The van der Waals surface area contributed by atoms with E-state index in [0.29, 0.717) is 15.6 Å². The molecule has 0 radical (unpaired) electrons. The lowest BCUT2D eigenvalue weighted by Gasteiger charge is -2.32. The van der Waals surface area contributed by atoms with Gasteiger partial charge >= 0.3 is 0 Å². The van der Waals surface area contributed by atoms with Crippen molar-refractivity contribution in [3.63, 3.8) is 0 Å². The smallest absolute Gasteiger partial charge is 0.264 e. The van der Waals surface area contributed by atoms with Gasteiger partial charge < -0.3 is 10.2 Å². The Kier molecular flexibility index (Phi) is 9.00. The zero-order valence-electron chi connectivity index (χ0n) is 20.1. The summed E-state index contributed by atoms with van der Waals surface area (Å²) in [6.07, 6.45) is 0. The van der Waals surface area contributed by atoms with Crippen LogP contribution in [0.2, 0.25) is 10.0 Å². The Morgan fingerprint density at radius 3 is 2.14 bits per heavy atom. The highest BCUT2D eigenvalue weighted by Crippen LogP contribution is 2.26. The highest BCUT2D eigenvalue weighted by Gasteiger charge is 2.32. The fourth-order valence-corrected chi connectivity index (χ4v) is 5.31. The first kappa shape index (κ1) is 27.5. The van der Waals surface area contributed by atoms with E-state index in [9.17, 15) is 18.0 Å². The van der Waals surface area contributed by atoms with Crippen LogP contribution in [0, 0.1) is 6.92 Å². The second-order valence-corrected chi connectivity index (χ2v) is 10.9. The lowest BCUT2D eigenvalue weighted by Crippen LogP contribution is -2.50. The lowest BCUT2D eigenvalue weighted by atomic mass is 10.1. The molecule has 0 aliphatic carbocycles. The third kappa shape index (κ3) is 6.37. The molecule has 1 atom stereocenters. The standard InChI is InChI=1S/C26H27Cl2N3O4S/c1-18-8-14-23(15-9-18)36(34,35)31(22-12-10-21(27)11-13-22)17-25(32)30(19(2)26(33)29-3)16-20-6-4-5-7-24(20)28/h4-15,19H,16-17H2,1-3H3,(H,29,33). The summed E-state index contributed by atoms with van der Waals surface area (Å²) in [7, 11) is -2.66. The second-order valence-electron chi connectivity index (χ2n) is 8.20. The van der Waals surface area contributed by atoms with Crippen molar-refractivity contribution in [1.29, 1.82) is 0 Å². The van der Waals surface area contributed by atoms with Gasteiger partial charge in [0.2, 0.25) is 11.8 Å². The molecule has 0 saturated carbocycles. The Morgan fingerprint density at radius 1 is 0.944 bits per heavy atom. The number of halogens is 2. The summed E-state index contributed by atoms with van der Waals surface area (Å²) in [4.78, 5) is 27.5. The number of aryl methyl sites for hydroxylation is 1. The van der Waals surface area contributed by atoms with Crippen LogP contribution in [0.3, 0.4) is 0 Å². The Hall–Kier alpha value is -3.07. The second kappa shape index (κ2) is 11.8. The van der Waals surface area contributed by atoms with Gasteiger partial charge in [-0.3, -0.25) is 13.9 Å². The van der Waals surface area contributed by atoms with Gasteiger partial charge in [-0.2, -0.15) is 0 Å². The molecule has 3 aromatic carbocycles. The van der Waals surface area contributed by atoms with Gasteiger partial charge in [-0.1, -0.05) is 59.1 Å². The summed E-state index contributed by atoms with van der Waals surface area (Å²) >= 11 is 12.3. The molecule has 0 fully saturated rings. The van der Waals surface area contributed by atoms with Gasteiger partial charge in [0.1, 0.15) is 12.6 Å². The lowest BCUT2D eigenvalue weighted by molar-refractivity contribution is -0.139. The normalized spacial score (nSPS) is 12.0. The molecule has 1 N–H and O–H groups in total. The molecule has 0 saturated heterocycles. The monoisotopic (exact) mass is 547 g/mol. The fourth-order valence-electron chi connectivity index (χ4n) is 3.58. The molecule has 2 amide bonds. The number of anilines is 1. The molecule has 190 valence electrons. The van der Waals surface area contributed by atoms with Crippen molar-refractivity contribution < 1.29 is 18.0 Å². The zero-order valence-corrected chi connectivity index (χ0v) is 22.4. The molecule has 0 heterocycles. The van der Waals surface area contributed by atoms with E-state index in [1.807, 2.05) is 6.92 Å². The van der Waals surface area contributed by atoms with Gasteiger partial charge in [0.05, 0.1) is 10.6 Å². The van der Waals surface area contributed by atoms with Crippen LogP contribution in [-0.4, -0.2) is 44.8 Å². The van der Waals surface area contributed by atoms with E-state index in [4.69, 9.17) is 23.2 Å². The predicted molar refractivity (Wildman–Crippen MR) is 143 cm³/mol. The van der Waals surface area contributed by atoms with E-state index in [2.05, 4.69) is 5.32 Å². The van der Waals surface area contributed by atoms with Crippen molar-refractivity contribution >= 4 is 50.7 Å². The van der Waals surface area contributed by atoms with Crippen molar-refractivity contribution in [1.82, 2.24) is 10.2 Å². The maximum Gasteiger partial charge on any atom is 0.264 e. The van der Waals surface area contributed by atoms with Gasteiger partial charge in [-0.05, 0) is 61.9 Å². The van der Waals surface area contributed by atoms with E-state index in [1.165, 1.54) is 36.2 Å². The molecule has 3 aromatic rings. The van der Waals surface area contributed by atoms with Crippen LogP contribution in [0.25, 0.3) is 0 Å². The summed E-state index contributed by atoms with van der Waals surface area (Å²) < 4.78 is 28.4. The summed E-state index contributed by atoms with van der Waals surface area (Å²) in [6, 6.07) is 18.6. The quantitative estimate of drug-likeness (QED) is 0.422. The highest BCUT2D eigenvalue weighted by molar-refractivity contribution is 7.92. The van der Waals surface area contributed by atoms with Crippen LogP contribution < -0.4 is 9.62 Å². The maximum absolute atomic E-state index is 13.7. The van der Waals surface area contributed by atoms with Gasteiger partial charge in [0, 0.05) is 23.6 Å². The minimum atomic E-state index is -4.13. The number of hydrogen-bond donors (Lipinski definition) is 1. The molecule has 7 nitrogen and oxygen atoms in total. The largest absolute Gasteiger partial charge is 0.357 e. The van der Waals surface area contributed by atoms with Crippen LogP contribution in [0.15, 0.2) is 77.7 Å². The number of amides is 2. The van der Waals surface area contributed by atoms with Crippen molar-refractivity contribution in [2.24, 2.45) is 0 Å². The third-order valence-corrected chi connectivity index (χ3v) is 8.12. The Labute approximate surface area is 221 Å². The molecular weight excluding hydrogens is 521 g/mol. The first-order valence-electron chi connectivity index (χ1n) is 11.1. The number of likely N-dealkylation sites (N-methyl/N-ethyl adjacent to an activating group) is 1. The van der Waals surface area contributed by atoms with Gasteiger partial charge in [-0.15, -0.1) is 0 Å². The van der Waals surface area contributed by atoms with Crippen LogP contribution >= 0.6 is 23.2 Å². The average molecular weight is 548 g/mol. The molecule has 0 bridgehead atoms. The van der Waals surface area contributed by atoms with Crippen LogP contribution in [0.4, 0.5) is 5.69 Å². The van der Waals surface area contributed by atoms with Gasteiger partial charge in [0.15, 0.2) is 0 Å². The molecule has 36 heavy (non-hydrogen) atoms. The molecule has 0 aliphatic heterocycles. The van der Waals surface area contributed by atoms with Crippen LogP contribution in [0.1, 0.15) is 18.1 Å². The number of benzene rings is 3. The molecular formula is C26H27Cl2N3O4S. The molecule has 0 aliphatic rings. The fraction of sp³-hybridized carbons (Fsp3) is 0.231. The predicted octanol–water partition coefficient (Wildman–Crippen LogP) is 4.66. The van der Waals surface area contributed by atoms with E-state index in [1.54, 1.807) is 55.5 Å².